The highest BCUT2D eigenvalue weighted by molar-refractivity contribution is 8.03. The quantitative estimate of drug-likeness (QED) is 0.636. The summed E-state index contributed by atoms with van der Waals surface area (Å²) in [5.74, 6) is 0. The molecule has 4 rings (SSSR count). The standard InChI is InChI=1S/C19H19N4S2/c1-3-22-14-8-6-12-20-18(14)24-16(22)10-5-11-17-23(4-2)15-9-7-13-21-19(15)25-17/h5-13H,3-4H2,1-2H3/q+1. The summed E-state index contributed by atoms with van der Waals surface area (Å²) in [6.45, 7) is 6.21. The molecule has 6 heteroatoms. The fraction of sp³-hybridized carbons (Fsp3) is 0.211. The van der Waals surface area contributed by atoms with Gasteiger partial charge in [0.1, 0.15) is 11.6 Å². The average Bonchev–Trinajstić information content (AvgIpc) is 3.18. The van der Waals surface area contributed by atoms with Gasteiger partial charge in [0.15, 0.2) is 4.83 Å². The van der Waals surface area contributed by atoms with Gasteiger partial charge in [0, 0.05) is 31.1 Å². The van der Waals surface area contributed by atoms with Crippen LogP contribution >= 0.6 is 23.1 Å². The van der Waals surface area contributed by atoms with Crippen LogP contribution in [-0.4, -0.2) is 16.5 Å². The number of thiazole rings is 1. The average molecular weight is 368 g/mol. The molecule has 1 aliphatic heterocycles. The Bertz CT molecular complexity index is 974. The summed E-state index contributed by atoms with van der Waals surface area (Å²) in [6.07, 6.45) is 10.2. The zero-order valence-corrected chi connectivity index (χ0v) is 15.8. The molecule has 25 heavy (non-hydrogen) atoms. The first-order valence-electron chi connectivity index (χ1n) is 8.38. The van der Waals surface area contributed by atoms with Gasteiger partial charge in [-0.1, -0.05) is 6.08 Å². The predicted octanol–water partition coefficient (Wildman–Crippen LogP) is 4.49. The lowest BCUT2D eigenvalue weighted by Crippen LogP contribution is -2.33. The number of pyridine rings is 2. The summed E-state index contributed by atoms with van der Waals surface area (Å²) in [7, 11) is 0. The van der Waals surface area contributed by atoms with E-state index in [1.807, 2.05) is 24.5 Å². The Morgan fingerprint density at radius 3 is 2.84 bits per heavy atom. The fourth-order valence-electron chi connectivity index (χ4n) is 2.99. The molecule has 0 amide bonds. The van der Waals surface area contributed by atoms with Gasteiger partial charge in [-0.25, -0.2) is 9.97 Å². The largest absolute Gasteiger partial charge is 0.334 e. The van der Waals surface area contributed by atoms with Crippen LogP contribution < -0.4 is 9.47 Å². The van der Waals surface area contributed by atoms with Gasteiger partial charge in [-0.3, -0.25) is 0 Å². The van der Waals surface area contributed by atoms with Crippen molar-refractivity contribution in [2.75, 3.05) is 11.4 Å². The van der Waals surface area contributed by atoms with Crippen LogP contribution in [0.25, 0.3) is 16.4 Å². The Kier molecular flexibility index (Phi) is 4.55. The number of rotatable bonds is 4. The van der Waals surface area contributed by atoms with E-state index in [9.17, 15) is 0 Å². The highest BCUT2D eigenvalue weighted by Crippen LogP contribution is 2.44. The molecular formula is C19H19N4S2+. The Hall–Kier alpha value is -2.18. The monoisotopic (exact) mass is 367 g/mol. The summed E-state index contributed by atoms with van der Waals surface area (Å²) in [6, 6.07) is 8.25. The van der Waals surface area contributed by atoms with Crippen LogP contribution in [0.4, 0.5) is 5.69 Å². The zero-order valence-electron chi connectivity index (χ0n) is 14.2. The number of aromatic nitrogens is 3. The van der Waals surface area contributed by atoms with Gasteiger partial charge in [0.05, 0.1) is 10.7 Å². The molecule has 4 nitrogen and oxygen atoms in total. The van der Waals surface area contributed by atoms with Crippen LogP contribution in [0, 0.1) is 0 Å². The summed E-state index contributed by atoms with van der Waals surface area (Å²) in [5, 5.41) is 3.52. The maximum absolute atomic E-state index is 4.48. The van der Waals surface area contributed by atoms with E-state index in [0.29, 0.717) is 0 Å². The van der Waals surface area contributed by atoms with Crippen LogP contribution in [0.2, 0.25) is 0 Å². The lowest BCUT2D eigenvalue weighted by molar-refractivity contribution is -0.665. The number of hydrogen-bond donors (Lipinski definition) is 0. The van der Waals surface area contributed by atoms with Crippen molar-refractivity contribution in [2.24, 2.45) is 0 Å². The van der Waals surface area contributed by atoms with E-state index < -0.39 is 0 Å². The number of thioether (sulfide) groups is 1. The second-order valence-electron chi connectivity index (χ2n) is 5.55. The van der Waals surface area contributed by atoms with Gasteiger partial charge in [0.2, 0.25) is 5.52 Å². The second-order valence-corrected chi connectivity index (χ2v) is 7.57. The molecule has 3 aromatic rings. The molecule has 0 bridgehead atoms. The van der Waals surface area contributed by atoms with Gasteiger partial charge in [-0.05, 0) is 61.2 Å². The zero-order chi connectivity index (χ0) is 17.2. The molecule has 3 aromatic heterocycles. The van der Waals surface area contributed by atoms with E-state index in [2.05, 4.69) is 63.6 Å². The van der Waals surface area contributed by atoms with Crippen molar-refractivity contribution < 1.29 is 4.57 Å². The molecule has 0 aliphatic carbocycles. The topological polar surface area (TPSA) is 32.9 Å². The summed E-state index contributed by atoms with van der Waals surface area (Å²) in [5.41, 5.74) is 2.40. The van der Waals surface area contributed by atoms with E-state index in [4.69, 9.17) is 0 Å². The Labute approximate surface area is 155 Å². The predicted molar refractivity (Wildman–Crippen MR) is 106 cm³/mol. The number of hydrogen-bond acceptors (Lipinski definition) is 5. The van der Waals surface area contributed by atoms with Crippen LogP contribution in [0.1, 0.15) is 18.9 Å². The van der Waals surface area contributed by atoms with E-state index in [0.717, 1.165) is 22.9 Å². The van der Waals surface area contributed by atoms with Gasteiger partial charge in [-0.15, -0.1) is 0 Å². The molecule has 0 radical (unpaired) electrons. The third-order valence-corrected chi connectivity index (χ3v) is 6.28. The molecule has 0 atom stereocenters. The molecule has 4 heterocycles. The maximum atomic E-state index is 4.48. The number of allylic oxidation sites excluding steroid dienone is 2. The molecule has 0 unspecified atom stereocenters. The summed E-state index contributed by atoms with van der Waals surface area (Å²) < 4.78 is 2.30. The van der Waals surface area contributed by atoms with Crippen LogP contribution in [-0.2, 0) is 6.54 Å². The minimum Gasteiger partial charge on any atom is -0.334 e. The van der Waals surface area contributed by atoms with E-state index >= 15 is 0 Å². The lowest BCUT2D eigenvalue weighted by Gasteiger charge is -2.16. The van der Waals surface area contributed by atoms with Crippen molar-refractivity contribution in [2.45, 2.75) is 25.4 Å². The van der Waals surface area contributed by atoms with E-state index in [-0.39, 0.29) is 0 Å². The molecule has 126 valence electrons. The molecule has 0 saturated heterocycles. The maximum Gasteiger partial charge on any atom is 0.264 e. The molecule has 0 fully saturated rings. The van der Waals surface area contributed by atoms with Crippen molar-refractivity contribution in [3.05, 3.63) is 58.8 Å². The van der Waals surface area contributed by atoms with Gasteiger partial charge < -0.3 is 4.90 Å². The highest BCUT2D eigenvalue weighted by Gasteiger charge is 2.24. The summed E-state index contributed by atoms with van der Waals surface area (Å²) in [4.78, 5) is 12.3. The number of fused-ring (bicyclic) bond motifs is 2. The molecule has 0 N–H and O–H groups in total. The van der Waals surface area contributed by atoms with Crippen molar-refractivity contribution in [1.82, 2.24) is 9.97 Å². The first kappa shape index (κ1) is 16.3. The smallest absolute Gasteiger partial charge is 0.264 e. The van der Waals surface area contributed by atoms with Crippen LogP contribution in [0.5, 0.6) is 0 Å². The Morgan fingerprint density at radius 1 is 1.16 bits per heavy atom. The van der Waals surface area contributed by atoms with E-state index in [1.54, 1.807) is 23.1 Å². The normalized spacial score (nSPS) is 15.6. The van der Waals surface area contributed by atoms with Crippen LogP contribution in [0.15, 0.2) is 58.9 Å². The number of anilines is 1. The fourth-order valence-corrected chi connectivity index (χ4v) is 5.15. The molecule has 1 aliphatic rings. The first-order valence-corrected chi connectivity index (χ1v) is 10.0. The van der Waals surface area contributed by atoms with Crippen molar-refractivity contribution in [3.8, 4) is 0 Å². The number of nitrogens with zero attached hydrogens (tertiary/aromatic N) is 4. The lowest BCUT2D eigenvalue weighted by atomic mass is 10.3. The van der Waals surface area contributed by atoms with Crippen molar-refractivity contribution in [1.29, 1.82) is 0 Å². The van der Waals surface area contributed by atoms with Gasteiger partial charge in [-0.2, -0.15) is 4.57 Å². The van der Waals surface area contributed by atoms with Gasteiger partial charge in [0.25, 0.3) is 5.01 Å². The third kappa shape index (κ3) is 2.96. The summed E-state index contributed by atoms with van der Waals surface area (Å²) >= 11 is 3.46. The second kappa shape index (κ2) is 6.98. The minimum atomic E-state index is 0.938. The molecule has 0 aromatic carbocycles. The Balaban J connectivity index is 1.64. The molecule has 0 spiro atoms. The third-order valence-electron chi connectivity index (χ3n) is 4.13. The molecular weight excluding hydrogens is 348 g/mol. The molecule has 0 saturated carbocycles. The van der Waals surface area contributed by atoms with Gasteiger partial charge >= 0.3 is 0 Å². The first-order chi connectivity index (χ1) is 12.3. The van der Waals surface area contributed by atoms with Crippen LogP contribution in [0.3, 0.4) is 0 Å². The van der Waals surface area contributed by atoms with Crippen molar-refractivity contribution >= 4 is 45.2 Å². The number of aryl methyl sites for hydroxylation is 1. The SMILES string of the molecule is CCN1C(=CC=Cc2sc3ncccc3[n+]2CC)Sc2ncccc21. The minimum absolute atomic E-state index is 0.938. The highest BCUT2D eigenvalue weighted by atomic mass is 32.2. The van der Waals surface area contributed by atoms with Crippen molar-refractivity contribution in [3.63, 3.8) is 0 Å². The van der Waals surface area contributed by atoms with E-state index in [1.165, 1.54) is 21.2 Å². The Morgan fingerprint density at radius 2 is 2.00 bits per heavy atom.